The molecule has 0 spiro atoms. The number of carbonyl (C=O) groups is 2. The van der Waals surface area contributed by atoms with E-state index in [-0.39, 0.29) is 10.9 Å². The number of aromatic hydroxyl groups is 1. The lowest BCUT2D eigenvalue weighted by atomic mass is 10.2. The van der Waals surface area contributed by atoms with Crippen molar-refractivity contribution in [2.75, 3.05) is 11.9 Å². The SMILES string of the molecule is CCOc1cc(/C=N\NC(=O)C(=O)Nc2nnc(-c3ccccc3)s2)ccc1O. The summed E-state index contributed by atoms with van der Waals surface area (Å²) in [6.45, 7) is 2.18. The molecule has 0 saturated heterocycles. The molecule has 3 rings (SSSR count). The number of hydrogen-bond acceptors (Lipinski definition) is 8. The summed E-state index contributed by atoms with van der Waals surface area (Å²) in [6.07, 6.45) is 1.32. The number of nitrogens with one attached hydrogen (secondary N) is 2. The Balaban J connectivity index is 1.56. The monoisotopic (exact) mass is 411 g/mol. The molecule has 0 atom stereocenters. The second-order valence-corrected chi connectivity index (χ2v) is 6.57. The van der Waals surface area contributed by atoms with E-state index in [4.69, 9.17) is 4.74 Å². The van der Waals surface area contributed by atoms with E-state index in [2.05, 4.69) is 26.0 Å². The molecule has 10 heteroatoms. The minimum absolute atomic E-state index is 0.000609. The molecular weight excluding hydrogens is 394 g/mol. The zero-order valence-corrected chi connectivity index (χ0v) is 16.1. The molecule has 0 aliphatic rings. The number of anilines is 1. The van der Waals surface area contributed by atoms with Crippen LogP contribution in [0.1, 0.15) is 12.5 Å². The van der Waals surface area contributed by atoms with Crippen LogP contribution in [0.25, 0.3) is 10.6 Å². The normalized spacial score (nSPS) is 10.7. The summed E-state index contributed by atoms with van der Waals surface area (Å²) in [5, 5.41) is 24.5. The van der Waals surface area contributed by atoms with Crippen LogP contribution in [0.2, 0.25) is 0 Å². The Hall–Kier alpha value is -3.79. The van der Waals surface area contributed by atoms with E-state index in [1.807, 2.05) is 30.3 Å². The molecule has 1 heterocycles. The molecule has 9 nitrogen and oxygen atoms in total. The van der Waals surface area contributed by atoms with Crippen molar-refractivity contribution in [1.82, 2.24) is 15.6 Å². The minimum Gasteiger partial charge on any atom is -0.504 e. The van der Waals surface area contributed by atoms with Crippen molar-refractivity contribution in [2.45, 2.75) is 6.92 Å². The first-order chi connectivity index (χ1) is 14.1. The second-order valence-electron chi connectivity index (χ2n) is 5.59. The molecular formula is C19H17N5O4S. The molecule has 0 aliphatic heterocycles. The van der Waals surface area contributed by atoms with E-state index in [0.717, 1.165) is 16.9 Å². The zero-order chi connectivity index (χ0) is 20.6. The fraction of sp³-hybridized carbons (Fsp3) is 0.105. The van der Waals surface area contributed by atoms with Gasteiger partial charge < -0.3 is 9.84 Å². The van der Waals surface area contributed by atoms with Gasteiger partial charge in [-0.3, -0.25) is 14.9 Å². The first-order valence-electron chi connectivity index (χ1n) is 8.56. The third-order valence-corrected chi connectivity index (χ3v) is 4.42. The van der Waals surface area contributed by atoms with E-state index in [0.29, 0.717) is 22.9 Å². The molecule has 3 N–H and O–H groups in total. The Morgan fingerprint density at radius 1 is 1.17 bits per heavy atom. The lowest BCUT2D eigenvalue weighted by molar-refractivity contribution is -0.136. The summed E-state index contributed by atoms with van der Waals surface area (Å²) in [5.41, 5.74) is 3.56. The summed E-state index contributed by atoms with van der Waals surface area (Å²) < 4.78 is 5.27. The summed E-state index contributed by atoms with van der Waals surface area (Å²) >= 11 is 1.15. The van der Waals surface area contributed by atoms with Crippen LogP contribution in [0.3, 0.4) is 0 Å². The Labute approximate surface area is 170 Å². The second kappa shape index (κ2) is 9.42. The van der Waals surface area contributed by atoms with Crippen molar-refractivity contribution in [3.8, 4) is 22.1 Å². The zero-order valence-electron chi connectivity index (χ0n) is 15.3. The highest BCUT2D eigenvalue weighted by Gasteiger charge is 2.16. The predicted molar refractivity (Wildman–Crippen MR) is 109 cm³/mol. The van der Waals surface area contributed by atoms with Crippen LogP contribution >= 0.6 is 11.3 Å². The van der Waals surface area contributed by atoms with Crippen molar-refractivity contribution in [1.29, 1.82) is 0 Å². The molecule has 2 aromatic carbocycles. The van der Waals surface area contributed by atoms with Crippen LogP contribution in [0.4, 0.5) is 5.13 Å². The van der Waals surface area contributed by atoms with Crippen LogP contribution in [-0.4, -0.2) is 39.9 Å². The Morgan fingerprint density at radius 2 is 1.97 bits per heavy atom. The quantitative estimate of drug-likeness (QED) is 0.325. The fourth-order valence-corrected chi connectivity index (χ4v) is 2.97. The summed E-state index contributed by atoms with van der Waals surface area (Å²) in [6, 6.07) is 13.9. The third-order valence-electron chi connectivity index (χ3n) is 3.54. The lowest BCUT2D eigenvalue weighted by Crippen LogP contribution is -2.32. The highest BCUT2D eigenvalue weighted by atomic mass is 32.1. The van der Waals surface area contributed by atoms with Gasteiger partial charge in [0.15, 0.2) is 11.5 Å². The molecule has 3 aromatic rings. The number of benzene rings is 2. The van der Waals surface area contributed by atoms with Gasteiger partial charge in [-0.15, -0.1) is 10.2 Å². The first kappa shape index (κ1) is 20.0. The van der Waals surface area contributed by atoms with E-state index < -0.39 is 11.8 Å². The highest BCUT2D eigenvalue weighted by molar-refractivity contribution is 7.18. The Kier molecular flexibility index (Phi) is 6.48. The number of hydrogen-bond donors (Lipinski definition) is 3. The van der Waals surface area contributed by atoms with Gasteiger partial charge in [-0.1, -0.05) is 41.7 Å². The van der Waals surface area contributed by atoms with Crippen LogP contribution in [-0.2, 0) is 9.59 Å². The standard InChI is InChI=1S/C19H17N5O4S/c1-2-28-15-10-12(8-9-14(15)25)11-20-22-17(27)16(26)21-19-24-23-18(29-19)13-6-4-3-5-7-13/h3-11,25H,2H2,1H3,(H,22,27)(H,21,24,26)/b20-11-. The maximum absolute atomic E-state index is 12.0. The third kappa shape index (κ3) is 5.36. The van der Waals surface area contributed by atoms with Crippen molar-refractivity contribution in [2.24, 2.45) is 5.10 Å². The number of amides is 2. The molecule has 1 aromatic heterocycles. The highest BCUT2D eigenvalue weighted by Crippen LogP contribution is 2.26. The first-order valence-corrected chi connectivity index (χ1v) is 9.37. The minimum atomic E-state index is -0.957. The number of phenolic OH excluding ortho intramolecular Hbond substituents is 1. The van der Waals surface area contributed by atoms with Crippen LogP contribution in [0.15, 0.2) is 53.6 Å². The van der Waals surface area contributed by atoms with E-state index >= 15 is 0 Å². The Morgan fingerprint density at radius 3 is 2.72 bits per heavy atom. The Bertz CT molecular complexity index is 1040. The number of aromatic nitrogens is 2. The average Bonchev–Trinajstić information content (AvgIpc) is 3.19. The van der Waals surface area contributed by atoms with Crippen molar-refractivity contribution in [3.63, 3.8) is 0 Å². The van der Waals surface area contributed by atoms with Crippen molar-refractivity contribution in [3.05, 3.63) is 54.1 Å². The van der Waals surface area contributed by atoms with Gasteiger partial charge in [0.2, 0.25) is 5.13 Å². The predicted octanol–water partition coefficient (Wildman–Crippen LogP) is 2.40. The van der Waals surface area contributed by atoms with Crippen LogP contribution < -0.4 is 15.5 Å². The van der Waals surface area contributed by atoms with E-state index in [1.165, 1.54) is 12.3 Å². The molecule has 0 aliphatic carbocycles. The van der Waals surface area contributed by atoms with Gasteiger partial charge >= 0.3 is 11.8 Å². The van der Waals surface area contributed by atoms with Gasteiger partial charge in [-0.25, -0.2) is 5.43 Å². The summed E-state index contributed by atoms with van der Waals surface area (Å²) in [7, 11) is 0. The number of carbonyl (C=O) groups excluding carboxylic acids is 2. The smallest absolute Gasteiger partial charge is 0.329 e. The fourth-order valence-electron chi connectivity index (χ4n) is 2.22. The summed E-state index contributed by atoms with van der Waals surface area (Å²) in [4.78, 5) is 23.9. The van der Waals surface area contributed by atoms with Gasteiger partial charge in [0.1, 0.15) is 5.01 Å². The number of hydrazone groups is 1. The topological polar surface area (TPSA) is 126 Å². The number of rotatable bonds is 6. The largest absolute Gasteiger partial charge is 0.504 e. The van der Waals surface area contributed by atoms with E-state index in [1.54, 1.807) is 19.1 Å². The van der Waals surface area contributed by atoms with Crippen molar-refractivity contribution >= 4 is 34.5 Å². The maximum Gasteiger partial charge on any atom is 0.329 e. The average molecular weight is 411 g/mol. The molecule has 148 valence electrons. The van der Waals surface area contributed by atoms with Crippen LogP contribution in [0, 0.1) is 0 Å². The van der Waals surface area contributed by atoms with Gasteiger partial charge in [0.25, 0.3) is 0 Å². The number of ether oxygens (including phenoxy) is 1. The molecule has 0 fully saturated rings. The molecule has 29 heavy (non-hydrogen) atoms. The van der Waals surface area contributed by atoms with Gasteiger partial charge in [0.05, 0.1) is 12.8 Å². The molecule has 2 amide bonds. The van der Waals surface area contributed by atoms with Crippen LogP contribution in [0.5, 0.6) is 11.5 Å². The van der Waals surface area contributed by atoms with Gasteiger partial charge in [-0.05, 0) is 30.7 Å². The molecule has 0 saturated carbocycles. The maximum atomic E-state index is 12.0. The molecule has 0 bridgehead atoms. The summed E-state index contributed by atoms with van der Waals surface area (Å²) in [5.74, 6) is -1.58. The van der Waals surface area contributed by atoms with Gasteiger partial charge in [-0.2, -0.15) is 5.10 Å². The van der Waals surface area contributed by atoms with Gasteiger partial charge in [0, 0.05) is 5.56 Å². The van der Waals surface area contributed by atoms with Crippen molar-refractivity contribution < 1.29 is 19.4 Å². The molecule has 0 radical (unpaired) electrons. The lowest BCUT2D eigenvalue weighted by Gasteiger charge is -2.06. The number of phenols is 1. The number of nitrogens with zero attached hydrogens (tertiary/aromatic N) is 3. The molecule has 0 unspecified atom stereocenters. The van der Waals surface area contributed by atoms with E-state index in [9.17, 15) is 14.7 Å².